The highest BCUT2D eigenvalue weighted by Crippen LogP contribution is 2.37. The molecule has 2 rings (SSSR count). The summed E-state index contributed by atoms with van der Waals surface area (Å²) in [5.41, 5.74) is 0. The Hall–Kier alpha value is -0.810. The van der Waals surface area contributed by atoms with E-state index < -0.39 is 5.97 Å². The minimum Gasteiger partial charge on any atom is -0.477 e. The van der Waals surface area contributed by atoms with Gasteiger partial charge in [0.15, 0.2) is 15.2 Å². The van der Waals surface area contributed by atoms with E-state index in [9.17, 15) is 4.79 Å². The van der Waals surface area contributed by atoms with Crippen LogP contribution in [0.3, 0.4) is 0 Å². The number of hydrogen-bond acceptors (Lipinski definition) is 4. The van der Waals surface area contributed by atoms with Crippen molar-refractivity contribution in [2.75, 3.05) is 11.4 Å². The molecule has 0 aromatic carbocycles. The van der Waals surface area contributed by atoms with Crippen LogP contribution in [0.5, 0.6) is 0 Å². The molecule has 100 valence electrons. The molecule has 18 heavy (non-hydrogen) atoms. The zero-order chi connectivity index (χ0) is 13.3. The van der Waals surface area contributed by atoms with E-state index in [1.54, 1.807) is 0 Å². The van der Waals surface area contributed by atoms with Crippen LogP contribution in [0, 0.1) is 5.92 Å². The van der Waals surface area contributed by atoms with Crippen LogP contribution in [0.1, 0.15) is 42.8 Å². The third-order valence-corrected chi connectivity index (χ3v) is 4.42. The van der Waals surface area contributed by atoms with Crippen molar-refractivity contribution < 1.29 is 9.90 Å². The van der Waals surface area contributed by atoms with E-state index >= 15 is 0 Å². The Morgan fingerprint density at radius 1 is 1.61 bits per heavy atom. The first-order chi connectivity index (χ1) is 8.49. The van der Waals surface area contributed by atoms with Crippen LogP contribution in [0.15, 0.2) is 0 Å². The van der Waals surface area contributed by atoms with Gasteiger partial charge < -0.3 is 10.0 Å². The van der Waals surface area contributed by atoms with Gasteiger partial charge in [0.2, 0.25) is 0 Å². The lowest BCUT2D eigenvalue weighted by Crippen LogP contribution is -2.27. The highest BCUT2D eigenvalue weighted by atomic mass is 35.5. The minimum atomic E-state index is -0.997. The molecular weight excluding hydrogens is 272 g/mol. The molecule has 4 nitrogen and oxygen atoms in total. The maximum absolute atomic E-state index is 11.0. The van der Waals surface area contributed by atoms with E-state index in [4.69, 9.17) is 16.7 Å². The number of nitrogens with zero attached hydrogens (tertiary/aromatic N) is 2. The quantitative estimate of drug-likeness (QED) is 0.870. The largest absolute Gasteiger partial charge is 0.477 e. The summed E-state index contributed by atoms with van der Waals surface area (Å²) >= 11 is 7.04. The Morgan fingerprint density at radius 3 is 2.72 bits per heavy atom. The lowest BCUT2D eigenvalue weighted by Gasteiger charge is -2.22. The van der Waals surface area contributed by atoms with Crippen molar-refractivity contribution in [2.45, 2.75) is 39.2 Å². The Bertz CT molecular complexity index is 443. The van der Waals surface area contributed by atoms with E-state index in [2.05, 4.69) is 23.7 Å². The Morgan fingerprint density at radius 2 is 2.28 bits per heavy atom. The molecule has 0 aliphatic heterocycles. The molecule has 1 aliphatic rings. The maximum Gasteiger partial charge on any atom is 0.349 e. The van der Waals surface area contributed by atoms with E-state index in [0.717, 1.165) is 30.9 Å². The van der Waals surface area contributed by atoms with Gasteiger partial charge in [0.1, 0.15) is 0 Å². The number of halogens is 1. The summed E-state index contributed by atoms with van der Waals surface area (Å²) in [4.78, 5) is 17.5. The molecule has 1 heterocycles. The summed E-state index contributed by atoms with van der Waals surface area (Å²) in [5.74, 6) is -0.371. The topological polar surface area (TPSA) is 53.4 Å². The van der Waals surface area contributed by atoms with E-state index in [1.165, 1.54) is 11.3 Å². The molecule has 0 atom stereocenters. The average Bonchev–Trinajstić information content (AvgIpc) is 3.02. The normalized spacial score (nSPS) is 15.1. The summed E-state index contributed by atoms with van der Waals surface area (Å²) in [6.45, 7) is 5.29. The van der Waals surface area contributed by atoms with E-state index in [0.29, 0.717) is 12.0 Å². The summed E-state index contributed by atoms with van der Waals surface area (Å²) in [6, 6.07) is 0.521. The Balaban J connectivity index is 2.15. The second kappa shape index (κ2) is 5.45. The average molecular weight is 289 g/mol. The predicted molar refractivity (Wildman–Crippen MR) is 73.9 cm³/mol. The highest BCUT2D eigenvalue weighted by Gasteiger charge is 2.32. The van der Waals surface area contributed by atoms with Crippen LogP contribution in [0.4, 0.5) is 5.13 Å². The molecule has 0 radical (unpaired) electrons. The minimum absolute atomic E-state index is 0.109. The molecule has 6 heteroatoms. The van der Waals surface area contributed by atoms with Gasteiger partial charge in [-0.05, 0) is 25.2 Å². The lowest BCUT2D eigenvalue weighted by molar-refractivity contribution is 0.0702. The summed E-state index contributed by atoms with van der Waals surface area (Å²) < 4.78 is 0. The van der Waals surface area contributed by atoms with Gasteiger partial charge in [-0.2, -0.15) is 0 Å². The summed E-state index contributed by atoms with van der Waals surface area (Å²) in [7, 11) is 0. The second-order valence-electron chi connectivity index (χ2n) is 5.03. The van der Waals surface area contributed by atoms with Crippen LogP contribution in [-0.2, 0) is 0 Å². The molecule has 1 aromatic heterocycles. The molecule has 1 fully saturated rings. The van der Waals surface area contributed by atoms with Gasteiger partial charge in [-0.3, -0.25) is 0 Å². The molecule has 0 bridgehead atoms. The van der Waals surface area contributed by atoms with Gasteiger partial charge in [-0.1, -0.05) is 36.8 Å². The Kier molecular flexibility index (Phi) is 4.12. The van der Waals surface area contributed by atoms with Gasteiger partial charge in [0.05, 0.1) is 0 Å². The SMILES string of the molecule is CC(C)CCN(c1nc(Cl)c(C(=O)O)s1)C1CC1. The van der Waals surface area contributed by atoms with Crippen molar-refractivity contribution in [3.63, 3.8) is 0 Å². The standard InChI is InChI=1S/C12H17ClN2O2S/c1-7(2)5-6-15(8-3-4-8)12-14-10(13)9(18-12)11(16)17/h7-8H,3-6H2,1-2H3,(H,16,17). The number of carboxylic acid groups (broad SMARTS) is 1. The van der Waals surface area contributed by atoms with Crippen LogP contribution in [-0.4, -0.2) is 28.6 Å². The molecule has 0 saturated heterocycles. The third kappa shape index (κ3) is 3.14. The number of anilines is 1. The first-order valence-electron chi connectivity index (χ1n) is 6.15. The fraction of sp³-hybridized carbons (Fsp3) is 0.667. The zero-order valence-electron chi connectivity index (χ0n) is 10.5. The fourth-order valence-corrected chi connectivity index (χ4v) is 2.98. The molecule has 1 saturated carbocycles. The maximum atomic E-state index is 11.0. The molecule has 0 spiro atoms. The smallest absolute Gasteiger partial charge is 0.349 e. The van der Waals surface area contributed by atoms with Crippen molar-refractivity contribution in [3.05, 3.63) is 10.0 Å². The number of thiazole rings is 1. The molecule has 0 unspecified atom stereocenters. The summed E-state index contributed by atoms with van der Waals surface area (Å²) in [5, 5.41) is 9.86. The number of aromatic carboxylic acids is 1. The zero-order valence-corrected chi connectivity index (χ0v) is 12.1. The summed E-state index contributed by atoms with van der Waals surface area (Å²) in [6.07, 6.45) is 3.41. The number of rotatable bonds is 6. The van der Waals surface area contributed by atoms with E-state index in [1.807, 2.05) is 0 Å². The lowest BCUT2D eigenvalue weighted by atomic mass is 10.1. The number of aromatic nitrogens is 1. The predicted octanol–water partition coefficient (Wildman–Crippen LogP) is 3.51. The van der Waals surface area contributed by atoms with Gasteiger partial charge >= 0.3 is 5.97 Å². The van der Waals surface area contributed by atoms with E-state index in [-0.39, 0.29) is 10.0 Å². The van der Waals surface area contributed by atoms with Gasteiger partial charge in [0, 0.05) is 12.6 Å². The van der Waals surface area contributed by atoms with Crippen LogP contribution < -0.4 is 4.90 Å². The first-order valence-corrected chi connectivity index (χ1v) is 7.34. The van der Waals surface area contributed by atoms with Crippen molar-refractivity contribution in [1.82, 2.24) is 4.98 Å². The van der Waals surface area contributed by atoms with Crippen molar-refractivity contribution in [2.24, 2.45) is 5.92 Å². The van der Waals surface area contributed by atoms with Crippen LogP contribution in [0.2, 0.25) is 5.15 Å². The monoisotopic (exact) mass is 288 g/mol. The van der Waals surface area contributed by atoms with Gasteiger partial charge in [0.25, 0.3) is 0 Å². The fourth-order valence-electron chi connectivity index (χ4n) is 1.76. The molecular formula is C12H17ClN2O2S. The van der Waals surface area contributed by atoms with Gasteiger partial charge in [-0.15, -0.1) is 0 Å². The van der Waals surface area contributed by atoms with Crippen molar-refractivity contribution in [3.8, 4) is 0 Å². The van der Waals surface area contributed by atoms with Crippen LogP contribution >= 0.6 is 22.9 Å². The van der Waals surface area contributed by atoms with Crippen molar-refractivity contribution >= 4 is 34.0 Å². The number of carbonyl (C=O) groups is 1. The van der Waals surface area contributed by atoms with Gasteiger partial charge in [-0.25, -0.2) is 9.78 Å². The number of carboxylic acids is 1. The third-order valence-electron chi connectivity index (χ3n) is 2.95. The highest BCUT2D eigenvalue weighted by molar-refractivity contribution is 7.18. The second-order valence-corrected chi connectivity index (χ2v) is 6.36. The first kappa shape index (κ1) is 13.6. The molecule has 1 N–H and O–H groups in total. The van der Waals surface area contributed by atoms with Crippen molar-refractivity contribution in [1.29, 1.82) is 0 Å². The number of hydrogen-bond donors (Lipinski definition) is 1. The van der Waals surface area contributed by atoms with Crippen LogP contribution in [0.25, 0.3) is 0 Å². The Labute approximate surface area is 116 Å². The molecule has 0 amide bonds. The molecule has 1 aromatic rings. The molecule has 1 aliphatic carbocycles.